The van der Waals surface area contributed by atoms with Crippen LogP contribution >= 0.6 is 11.8 Å². The molecular formula is C9H10N4O2S. The average molecular weight is 238 g/mol. The fourth-order valence-corrected chi connectivity index (χ4v) is 1.87. The first kappa shape index (κ1) is 10.9. The Balaban J connectivity index is 2.36. The third-order valence-corrected chi connectivity index (χ3v) is 2.75. The van der Waals surface area contributed by atoms with Gasteiger partial charge in [0.05, 0.1) is 5.75 Å². The summed E-state index contributed by atoms with van der Waals surface area (Å²) in [6, 6.07) is 1.90. The number of hydrogen-bond acceptors (Lipinski definition) is 5. The van der Waals surface area contributed by atoms with Crippen LogP contribution < -0.4 is 0 Å². The van der Waals surface area contributed by atoms with Crippen LogP contribution in [0.2, 0.25) is 0 Å². The molecule has 7 heteroatoms. The molecule has 0 amide bonds. The summed E-state index contributed by atoms with van der Waals surface area (Å²) in [6.45, 7) is 3.79. The minimum atomic E-state index is -0.885. The average Bonchev–Trinajstić information content (AvgIpc) is 2.57. The van der Waals surface area contributed by atoms with Crippen molar-refractivity contribution >= 4 is 23.5 Å². The molecular weight excluding hydrogens is 228 g/mol. The van der Waals surface area contributed by atoms with E-state index in [1.807, 2.05) is 19.9 Å². The molecule has 2 heterocycles. The summed E-state index contributed by atoms with van der Waals surface area (Å²) >= 11 is 1.09. The number of aryl methyl sites for hydroxylation is 2. The molecule has 0 saturated heterocycles. The number of hydrogen-bond donors (Lipinski definition) is 1. The van der Waals surface area contributed by atoms with Crippen LogP contribution in [0.3, 0.4) is 0 Å². The maximum absolute atomic E-state index is 10.4. The number of carboxylic acid groups (broad SMARTS) is 1. The number of carbonyl (C=O) groups is 1. The molecule has 16 heavy (non-hydrogen) atoms. The van der Waals surface area contributed by atoms with Gasteiger partial charge < -0.3 is 5.11 Å². The van der Waals surface area contributed by atoms with Crippen molar-refractivity contribution in [1.29, 1.82) is 0 Å². The van der Waals surface area contributed by atoms with Crippen molar-refractivity contribution in [1.82, 2.24) is 19.6 Å². The third-order valence-electron chi connectivity index (χ3n) is 1.92. The standard InChI is InChI=1S/C9H10N4O2S/c1-5-3-6(2)13-8(10-5)11-9(12-13)16-4-7(14)15/h3H,4H2,1-2H3,(H,14,15). The molecule has 6 nitrogen and oxygen atoms in total. The topological polar surface area (TPSA) is 80.4 Å². The fourth-order valence-electron chi connectivity index (χ4n) is 1.34. The first-order chi connectivity index (χ1) is 7.56. The van der Waals surface area contributed by atoms with Crippen molar-refractivity contribution in [2.24, 2.45) is 0 Å². The second-order valence-corrected chi connectivity index (χ2v) is 4.27. The predicted molar refractivity (Wildman–Crippen MR) is 58.6 cm³/mol. The summed E-state index contributed by atoms with van der Waals surface area (Å²) < 4.78 is 1.61. The monoisotopic (exact) mass is 238 g/mol. The van der Waals surface area contributed by atoms with Crippen LogP contribution in [0.1, 0.15) is 11.4 Å². The van der Waals surface area contributed by atoms with E-state index >= 15 is 0 Å². The number of nitrogens with zero attached hydrogens (tertiary/aromatic N) is 4. The van der Waals surface area contributed by atoms with Crippen molar-refractivity contribution in [2.75, 3.05) is 5.75 Å². The van der Waals surface area contributed by atoms with E-state index in [2.05, 4.69) is 15.1 Å². The molecule has 0 aliphatic heterocycles. The van der Waals surface area contributed by atoms with E-state index in [-0.39, 0.29) is 5.75 Å². The van der Waals surface area contributed by atoms with Gasteiger partial charge in [0.15, 0.2) is 0 Å². The van der Waals surface area contributed by atoms with E-state index in [1.54, 1.807) is 4.52 Å². The molecule has 0 saturated carbocycles. The Kier molecular flexibility index (Phi) is 2.78. The lowest BCUT2D eigenvalue weighted by Crippen LogP contribution is -1.98. The number of aromatic nitrogens is 4. The second kappa shape index (κ2) is 4.09. The zero-order valence-corrected chi connectivity index (χ0v) is 9.65. The molecule has 2 aromatic heterocycles. The van der Waals surface area contributed by atoms with E-state index < -0.39 is 5.97 Å². The second-order valence-electron chi connectivity index (χ2n) is 3.33. The van der Waals surface area contributed by atoms with Crippen LogP contribution in [0.5, 0.6) is 0 Å². The zero-order valence-electron chi connectivity index (χ0n) is 8.84. The summed E-state index contributed by atoms with van der Waals surface area (Å²) in [5.41, 5.74) is 1.80. The van der Waals surface area contributed by atoms with Gasteiger partial charge in [0.25, 0.3) is 5.78 Å². The van der Waals surface area contributed by atoms with Gasteiger partial charge in [0.2, 0.25) is 5.16 Å². The molecule has 0 radical (unpaired) electrons. The summed E-state index contributed by atoms with van der Waals surface area (Å²) in [5, 5.41) is 13.2. The molecule has 0 bridgehead atoms. The van der Waals surface area contributed by atoms with Crippen molar-refractivity contribution in [3.05, 3.63) is 17.5 Å². The normalized spacial score (nSPS) is 10.9. The van der Waals surface area contributed by atoms with Gasteiger partial charge in [-0.25, -0.2) is 9.50 Å². The van der Waals surface area contributed by atoms with Crippen molar-refractivity contribution in [3.63, 3.8) is 0 Å². The lowest BCUT2D eigenvalue weighted by Gasteiger charge is -1.97. The highest BCUT2D eigenvalue weighted by atomic mass is 32.2. The van der Waals surface area contributed by atoms with Gasteiger partial charge in [0, 0.05) is 11.4 Å². The van der Waals surface area contributed by atoms with Crippen LogP contribution in [0.25, 0.3) is 5.78 Å². The summed E-state index contributed by atoms with van der Waals surface area (Å²) in [7, 11) is 0. The highest BCUT2D eigenvalue weighted by Crippen LogP contribution is 2.14. The van der Waals surface area contributed by atoms with Crippen LogP contribution in [-0.4, -0.2) is 36.4 Å². The lowest BCUT2D eigenvalue weighted by atomic mass is 10.4. The summed E-state index contributed by atoms with van der Waals surface area (Å²) in [4.78, 5) is 18.8. The van der Waals surface area contributed by atoms with Crippen molar-refractivity contribution in [2.45, 2.75) is 19.0 Å². The predicted octanol–water partition coefficient (Wildman–Crippen LogP) is 0.918. The summed E-state index contributed by atoms with van der Waals surface area (Å²) in [5.74, 6) is -0.426. The first-order valence-electron chi connectivity index (χ1n) is 4.62. The van der Waals surface area contributed by atoms with Crippen LogP contribution in [0.4, 0.5) is 0 Å². The number of carboxylic acids is 1. The number of aliphatic carboxylic acids is 1. The van der Waals surface area contributed by atoms with Crippen LogP contribution in [0, 0.1) is 13.8 Å². The van der Waals surface area contributed by atoms with E-state index in [1.165, 1.54) is 0 Å². The Hall–Kier alpha value is -1.63. The Labute approximate surface area is 95.7 Å². The Morgan fingerprint density at radius 3 is 2.94 bits per heavy atom. The van der Waals surface area contributed by atoms with Gasteiger partial charge >= 0.3 is 5.97 Å². The van der Waals surface area contributed by atoms with Gasteiger partial charge in [0.1, 0.15) is 0 Å². The van der Waals surface area contributed by atoms with Gasteiger partial charge in [-0.1, -0.05) is 11.8 Å². The molecule has 2 rings (SSSR count). The Morgan fingerprint density at radius 2 is 2.25 bits per heavy atom. The van der Waals surface area contributed by atoms with Gasteiger partial charge in [-0.05, 0) is 19.9 Å². The maximum atomic E-state index is 10.4. The molecule has 2 aromatic rings. The highest BCUT2D eigenvalue weighted by Gasteiger charge is 2.09. The van der Waals surface area contributed by atoms with Gasteiger partial charge in [-0.2, -0.15) is 4.98 Å². The van der Waals surface area contributed by atoms with Crippen molar-refractivity contribution < 1.29 is 9.90 Å². The number of fused-ring (bicyclic) bond motifs is 1. The minimum absolute atomic E-state index is 0.0467. The zero-order chi connectivity index (χ0) is 11.7. The maximum Gasteiger partial charge on any atom is 0.313 e. The Bertz CT molecular complexity index is 552. The van der Waals surface area contributed by atoms with Crippen LogP contribution in [-0.2, 0) is 4.79 Å². The van der Waals surface area contributed by atoms with E-state index in [4.69, 9.17) is 5.11 Å². The third kappa shape index (κ3) is 2.13. The molecule has 0 fully saturated rings. The molecule has 0 unspecified atom stereocenters. The van der Waals surface area contributed by atoms with Crippen LogP contribution in [0.15, 0.2) is 11.2 Å². The highest BCUT2D eigenvalue weighted by molar-refractivity contribution is 7.99. The first-order valence-corrected chi connectivity index (χ1v) is 5.60. The molecule has 0 aliphatic carbocycles. The van der Waals surface area contributed by atoms with Gasteiger partial charge in [-0.15, -0.1) is 5.10 Å². The molecule has 1 N–H and O–H groups in total. The van der Waals surface area contributed by atoms with E-state index in [0.29, 0.717) is 10.9 Å². The molecule has 0 spiro atoms. The summed E-state index contributed by atoms with van der Waals surface area (Å²) in [6.07, 6.45) is 0. The molecule has 0 atom stereocenters. The number of rotatable bonds is 3. The molecule has 0 aromatic carbocycles. The molecule has 0 aliphatic rings. The Morgan fingerprint density at radius 1 is 1.50 bits per heavy atom. The fraction of sp³-hybridized carbons (Fsp3) is 0.333. The largest absolute Gasteiger partial charge is 0.481 e. The molecule has 84 valence electrons. The van der Waals surface area contributed by atoms with E-state index in [0.717, 1.165) is 23.1 Å². The lowest BCUT2D eigenvalue weighted by molar-refractivity contribution is -0.133. The van der Waals surface area contributed by atoms with E-state index in [9.17, 15) is 4.79 Å². The SMILES string of the molecule is Cc1cc(C)n2nc(SCC(=O)O)nc2n1. The number of thioether (sulfide) groups is 1. The van der Waals surface area contributed by atoms with Crippen molar-refractivity contribution in [3.8, 4) is 0 Å². The minimum Gasteiger partial charge on any atom is -0.481 e. The van der Waals surface area contributed by atoms with Gasteiger partial charge in [-0.3, -0.25) is 4.79 Å². The quantitative estimate of drug-likeness (QED) is 0.801. The smallest absolute Gasteiger partial charge is 0.313 e.